The zero-order chi connectivity index (χ0) is 27.4. The van der Waals surface area contributed by atoms with Crippen molar-refractivity contribution >= 4 is 34.7 Å². The van der Waals surface area contributed by atoms with Crippen molar-refractivity contribution in [3.8, 4) is 22.4 Å². The molecule has 0 radical (unpaired) electrons. The normalized spacial score (nSPS) is 12.7. The zero-order valence-electron chi connectivity index (χ0n) is 22.4. The molecule has 4 aromatic rings. The predicted octanol–water partition coefficient (Wildman–Crippen LogP) is 5.31. The summed E-state index contributed by atoms with van der Waals surface area (Å²) in [7, 11) is 5.79. The van der Waals surface area contributed by atoms with Crippen molar-refractivity contribution in [2.24, 2.45) is 7.05 Å². The second-order valence-corrected chi connectivity index (χ2v) is 9.61. The number of nitrogens with one attached hydrogen (secondary N) is 1. The van der Waals surface area contributed by atoms with Crippen molar-refractivity contribution in [1.29, 1.82) is 0 Å². The summed E-state index contributed by atoms with van der Waals surface area (Å²) in [5.74, 6) is 0.503. The second-order valence-electron chi connectivity index (χ2n) is 9.61. The van der Waals surface area contributed by atoms with Crippen LogP contribution in [0.1, 0.15) is 36.5 Å². The lowest BCUT2D eigenvalue weighted by Gasteiger charge is -2.34. The third kappa shape index (κ3) is 5.16. The minimum absolute atomic E-state index is 0.0647. The van der Waals surface area contributed by atoms with Gasteiger partial charge in [0.15, 0.2) is 0 Å². The zero-order valence-corrected chi connectivity index (χ0v) is 22.4. The molecule has 1 fully saturated rings. The second kappa shape index (κ2) is 11.3. The van der Waals surface area contributed by atoms with E-state index in [-0.39, 0.29) is 5.91 Å². The molecule has 1 amide bonds. The summed E-state index contributed by atoms with van der Waals surface area (Å²) >= 11 is 0. The Morgan fingerprint density at radius 3 is 2.24 bits per heavy atom. The number of benzene rings is 2. The van der Waals surface area contributed by atoms with Crippen LogP contribution in [-0.4, -0.2) is 51.8 Å². The van der Waals surface area contributed by atoms with Crippen LogP contribution in [0.25, 0.3) is 33.4 Å². The Labute approximate surface area is 223 Å². The molecule has 0 spiro atoms. The van der Waals surface area contributed by atoms with E-state index in [1.807, 2.05) is 62.4 Å². The van der Waals surface area contributed by atoms with Gasteiger partial charge in [-0.3, -0.25) is 9.59 Å². The molecule has 8 nitrogen and oxygen atoms in total. The van der Waals surface area contributed by atoms with E-state index in [0.29, 0.717) is 23.0 Å². The topological polar surface area (TPSA) is 106 Å². The standard InChI is InChI=1S/C26H28N6O.C4H6O/c1-28-19-13-11-17(12-14-19)23-21(22-24(27)29-15-30-25(22)32(23)3)16-7-9-18(10-8-16)26(33)31(2)20-5-4-6-20;1-4(2)3-5/h7-15,20,28H,4-6H2,1-3H3,(H2,27,29,30);3H,1H2,2H3. The van der Waals surface area contributed by atoms with Gasteiger partial charge >= 0.3 is 0 Å². The molecule has 2 heterocycles. The van der Waals surface area contributed by atoms with Crippen LogP contribution < -0.4 is 11.1 Å². The summed E-state index contributed by atoms with van der Waals surface area (Å²) in [6.07, 6.45) is 5.59. The molecule has 38 heavy (non-hydrogen) atoms. The van der Waals surface area contributed by atoms with Gasteiger partial charge in [0.25, 0.3) is 5.91 Å². The Morgan fingerprint density at radius 2 is 1.71 bits per heavy atom. The first-order valence-corrected chi connectivity index (χ1v) is 12.6. The van der Waals surface area contributed by atoms with Gasteiger partial charge in [-0.15, -0.1) is 0 Å². The van der Waals surface area contributed by atoms with Gasteiger partial charge < -0.3 is 20.5 Å². The Hall–Kier alpha value is -4.46. The van der Waals surface area contributed by atoms with Crippen molar-refractivity contribution in [3.05, 3.63) is 72.6 Å². The molecule has 2 aromatic heterocycles. The Bertz CT molecular complexity index is 1470. The molecule has 0 unspecified atom stereocenters. The largest absolute Gasteiger partial charge is 0.388 e. The number of amides is 1. The highest BCUT2D eigenvalue weighted by Crippen LogP contribution is 2.41. The van der Waals surface area contributed by atoms with Crippen molar-refractivity contribution in [2.45, 2.75) is 32.2 Å². The Kier molecular flexibility index (Phi) is 7.90. The SMILES string of the molecule is C=C(C)C=O.CNc1ccc(-c2c(-c3ccc(C(=O)N(C)C4CCC4)cc3)c3c(N)ncnc3n2C)cc1. The first-order valence-electron chi connectivity index (χ1n) is 12.6. The fourth-order valence-corrected chi connectivity index (χ4v) is 4.61. The van der Waals surface area contributed by atoms with Crippen LogP contribution in [0.2, 0.25) is 0 Å². The van der Waals surface area contributed by atoms with Crippen LogP contribution in [0.5, 0.6) is 0 Å². The van der Waals surface area contributed by atoms with Gasteiger partial charge in [0.1, 0.15) is 24.1 Å². The summed E-state index contributed by atoms with van der Waals surface area (Å²) in [5, 5.41) is 3.98. The maximum absolute atomic E-state index is 12.9. The molecule has 196 valence electrons. The lowest BCUT2D eigenvalue weighted by molar-refractivity contribution is -0.104. The Balaban J connectivity index is 0.000000617. The number of nitrogens with two attached hydrogens (primary N) is 1. The maximum atomic E-state index is 12.9. The van der Waals surface area contributed by atoms with Crippen LogP contribution in [0.3, 0.4) is 0 Å². The van der Waals surface area contributed by atoms with E-state index in [0.717, 1.165) is 58.2 Å². The fraction of sp³-hybridized carbons (Fsp3) is 0.267. The molecule has 0 atom stereocenters. The highest BCUT2D eigenvalue weighted by Gasteiger charge is 2.27. The van der Waals surface area contributed by atoms with E-state index in [4.69, 9.17) is 5.73 Å². The predicted molar refractivity (Wildman–Crippen MR) is 154 cm³/mol. The number of aldehydes is 1. The lowest BCUT2D eigenvalue weighted by atomic mass is 9.91. The van der Waals surface area contributed by atoms with Crippen LogP contribution in [0.4, 0.5) is 11.5 Å². The van der Waals surface area contributed by atoms with Gasteiger partial charge in [-0.05, 0) is 67.2 Å². The molecule has 5 rings (SSSR count). The maximum Gasteiger partial charge on any atom is 0.253 e. The number of rotatable bonds is 6. The first kappa shape index (κ1) is 26.6. The average molecular weight is 511 g/mol. The van der Waals surface area contributed by atoms with Crippen LogP contribution in [0.15, 0.2) is 67.0 Å². The van der Waals surface area contributed by atoms with Crippen LogP contribution in [-0.2, 0) is 11.8 Å². The summed E-state index contributed by atoms with van der Waals surface area (Å²) in [6, 6.07) is 16.4. The first-order chi connectivity index (χ1) is 18.3. The van der Waals surface area contributed by atoms with E-state index < -0.39 is 0 Å². The van der Waals surface area contributed by atoms with Crippen molar-refractivity contribution < 1.29 is 9.59 Å². The number of nitrogen functional groups attached to an aromatic ring is 1. The smallest absolute Gasteiger partial charge is 0.253 e. The van der Waals surface area contributed by atoms with E-state index in [1.165, 1.54) is 12.7 Å². The van der Waals surface area contributed by atoms with Crippen molar-refractivity contribution in [1.82, 2.24) is 19.4 Å². The molecular weight excluding hydrogens is 476 g/mol. The Morgan fingerprint density at radius 1 is 1.11 bits per heavy atom. The molecular formula is C30H34N6O2. The number of hydrogen-bond acceptors (Lipinski definition) is 6. The number of fused-ring (bicyclic) bond motifs is 1. The summed E-state index contributed by atoms with van der Waals surface area (Å²) in [5.41, 5.74) is 13.4. The number of aromatic nitrogens is 3. The highest BCUT2D eigenvalue weighted by atomic mass is 16.2. The molecule has 0 bridgehead atoms. The number of aryl methyl sites for hydroxylation is 1. The average Bonchev–Trinajstić information content (AvgIpc) is 3.21. The molecule has 3 N–H and O–H groups in total. The molecule has 1 saturated carbocycles. The monoisotopic (exact) mass is 510 g/mol. The van der Waals surface area contributed by atoms with E-state index in [1.54, 1.807) is 6.92 Å². The number of allylic oxidation sites excluding steroid dienone is 1. The number of nitrogens with zero attached hydrogens (tertiary/aromatic N) is 4. The quantitative estimate of drug-likeness (QED) is 0.269. The molecule has 1 aliphatic rings. The van der Waals surface area contributed by atoms with E-state index >= 15 is 0 Å². The van der Waals surface area contributed by atoms with Crippen molar-refractivity contribution in [3.63, 3.8) is 0 Å². The lowest BCUT2D eigenvalue weighted by Crippen LogP contribution is -2.41. The molecule has 0 aliphatic heterocycles. The van der Waals surface area contributed by atoms with Gasteiger partial charge in [0.05, 0.1) is 11.1 Å². The summed E-state index contributed by atoms with van der Waals surface area (Å²) < 4.78 is 2.06. The number of carbonyl (C=O) groups excluding carboxylic acids is 2. The molecule has 1 aliphatic carbocycles. The van der Waals surface area contributed by atoms with E-state index in [9.17, 15) is 9.59 Å². The molecule has 2 aromatic carbocycles. The number of anilines is 2. The van der Waals surface area contributed by atoms with Gasteiger partial charge in [-0.1, -0.05) is 30.8 Å². The molecule has 0 saturated heterocycles. The van der Waals surface area contributed by atoms with Gasteiger partial charge in [0, 0.05) is 44.0 Å². The summed E-state index contributed by atoms with van der Waals surface area (Å²) in [4.78, 5) is 33.0. The highest BCUT2D eigenvalue weighted by molar-refractivity contribution is 6.08. The number of hydrogen-bond donors (Lipinski definition) is 2. The summed E-state index contributed by atoms with van der Waals surface area (Å²) in [6.45, 7) is 4.97. The van der Waals surface area contributed by atoms with Crippen molar-refractivity contribution in [2.75, 3.05) is 25.1 Å². The van der Waals surface area contributed by atoms with Gasteiger partial charge in [-0.2, -0.15) is 0 Å². The van der Waals surface area contributed by atoms with Crippen LogP contribution in [0, 0.1) is 0 Å². The third-order valence-corrected chi connectivity index (χ3v) is 7.01. The van der Waals surface area contributed by atoms with Crippen LogP contribution >= 0.6 is 0 Å². The minimum atomic E-state index is 0.0647. The van der Waals surface area contributed by atoms with E-state index in [2.05, 4.69) is 38.6 Å². The number of carbonyl (C=O) groups is 2. The fourth-order valence-electron chi connectivity index (χ4n) is 4.61. The third-order valence-electron chi connectivity index (χ3n) is 7.01. The van der Waals surface area contributed by atoms with Gasteiger partial charge in [-0.25, -0.2) is 9.97 Å². The minimum Gasteiger partial charge on any atom is -0.388 e. The van der Waals surface area contributed by atoms with Gasteiger partial charge in [0.2, 0.25) is 0 Å². The molecule has 8 heteroatoms.